The number of hydrogen-bond donors (Lipinski definition) is 1. The van der Waals surface area contributed by atoms with E-state index in [1.807, 2.05) is 42.5 Å². The number of nitrogens with zero attached hydrogens (tertiary/aromatic N) is 3. The van der Waals surface area contributed by atoms with E-state index in [2.05, 4.69) is 22.4 Å². The second kappa shape index (κ2) is 6.38. The third-order valence-electron chi connectivity index (χ3n) is 6.94. The van der Waals surface area contributed by atoms with Gasteiger partial charge >= 0.3 is 5.76 Å². The number of aromatic nitrogens is 3. The molecular formula is C26H18N4O3. The molecule has 2 aromatic carbocycles. The van der Waals surface area contributed by atoms with Crippen molar-refractivity contribution in [2.24, 2.45) is 0 Å². The SMILES string of the molecule is O=C1Nc2ncccc2C12Cc1cc3ccc(Cn4c(=O)oc5ccccc54)nc3cc1C2. The summed E-state index contributed by atoms with van der Waals surface area (Å²) in [7, 11) is 0. The second-order valence-corrected chi connectivity index (χ2v) is 8.83. The van der Waals surface area contributed by atoms with Crippen LogP contribution < -0.4 is 11.1 Å². The van der Waals surface area contributed by atoms with Crippen LogP contribution in [0.3, 0.4) is 0 Å². The van der Waals surface area contributed by atoms with E-state index < -0.39 is 11.2 Å². The van der Waals surface area contributed by atoms with E-state index in [1.54, 1.807) is 16.8 Å². The van der Waals surface area contributed by atoms with Crippen LogP contribution >= 0.6 is 0 Å². The summed E-state index contributed by atoms with van der Waals surface area (Å²) in [6, 6.07) is 19.4. The Morgan fingerprint density at radius 1 is 1.00 bits per heavy atom. The number of rotatable bonds is 2. The van der Waals surface area contributed by atoms with Crippen molar-refractivity contribution < 1.29 is 9.21 Å². The third-order valence-corrected chi connectivity index (χ3v) is 6.94. The molecule has 0 bridgehead atoms. The van der Waals surface area contributed by atoms with E-state index in [0.717, 1.165) is 33.2 Å². The maximum absolute atomic E-state index is 13.0. The summed E-state index contributed by atoms with van der Waals surface area (Å²) in [5.41, 5.74) is 5.61. The normalized spacial score (nSPS) is 18.7. The minimum atomic E-state index is -0.602. The highest BCUT2D eigenvalue weighted by Gasteiger charge is 2.51. The summed E-state index contributed by atoms with van der Waals surface area (Å²) in [6.45, 7) is 0.328. The second-order valence-electron chi connectivity index (χ2n) is 8.83. The zero-order valence-electron chi connectivity index (χ0n) is 17.5. The molecule has 1 spiro atoms. The third kappa shape index (κ3) is 2.56. The Morgan fingerprint density at radius 2 is 1.85 bits per heavy atom. The summed E-state index contributed by atoms with van der Waals surface area (Å²) in [5, 5.41) is 3.97. The number of benzene rings is 2. The van der Waals surface area contributed by atoms with Crippen molar-refractivity contribution in [3.8, 4) is 0 Å². The van der Waals surface area contributed by atoms with Gasteiger partial charge in [-0.2, -0.15) is 0 Å². The minimum Gasteiger partial charge on any atom is -0.408 e. The van der Waals surface area contributed by atoms with Crippen molar-refractivity contribution in [3.05, 3.63) is 99.8 Å². The fraction of sp³-hybridized carbons (Fsp3) is 0.154. The molecule has 1 N–H and O–H groups in total. The smallest absolute Gasteiger partial charge is 0.408 e. The topological polar surface area (TPSA) is 90.0 Å². The van der Waals surface area contributed by atoms with Crippen LogP contribution in [0.15, 0.2) is 76.1 Å². The number of pyridine rings is 2. The van der Waals surface area contributed by atoms with E-state index in [9.17, 15) is 9.59 Å². The molecule has 0 saturated heterocycles. The highest BCUT2D eigenvalue weighted by molar-refractivity contribution is 6.06. The molecule has 7 nitrogen and oxygen atoms in total. The standard InChI is InChI=1S/C26H18N4O3/c31-24-26(19-4-3-9-27-23(19)29-24)12-16-10-15-7-8-18(28-20(15)11-17(16)13-26)14-30-21-5-1-2-6-22(21)33-25(30)32/h1-11H,12-14H2,(H,27,29,31). The maximum atomic E-state index is 13.0. The average Bonchev–Trinajstić information content (AvgIpc) is 3.44. The van der Waals surface area contributed by atoms with Gasteiger partial charge in [-0.25, -0.2) is 9.78 Å². The van der Waals surface area contributed by atoms with Crippen LogP contribution in [0.25, 0.3) is 22.0 Å². The lowest BCUT2D eigenvalue weighted by atomic mass is 9.79. The molecule has 3 aromatic heterocycles. The molecule has 0 fully saturated rings. The molecule has 1 aliphatic carbocycles. The highest BCUT2D eigenvalue weighted by atomic mass is 16.4. The van der Waals surface area contributed by atoms with E-state index in [-0.39, 0.29) is 5.91 Å². The average molecular weight is 434 g/mol. The van der Waals surface area contributed by atoms with Gasteiger partial charge in [-0.15, -0.1) is 0 Å². The lowest BCUT2D eigenvalue weighted by Crippen LogP contribution is -2.35. The van der Waals surface area contributed by atoms with Gasteiger partial charge in [0.2, 0.25) is 5.91 Å². The number of hydrogen-bond acceptors (Lipinski definition) is 5. The molecule has 5 aromatic rings. The lowest BCUT2D eigenvalue weighted by Gasteiger charge is -2.20. The predicted octanol–water partition coefficient (Wildman–Crippen LogP) is 3.57. The van der Waals surface area contributed by atoms with Gasteiger partial charge in [0, 0.05) is 17.1 Å². The van der Waals surface area contributed by atoms with Crippen LogP contribution in [-0.2, 0) is 29.6 Å². The molecule has 2 aliphatic rings. The van der Waals surface area contributed by atoms with Gasteiger partial charge in [0.05, 0.1) is 28.7 Å². The molecule has 1 amide bonds. The summed E-state index contributed by atoms with van der Waals surface area (Å²) in [4.78, 5) is 34.5. The molecule has 4 heterocycles. The van der Waals surface area contributed by atoms with Gasteiger partial charge in [0.15, 0.2) is 5.58 Å². The number of amides is 1. The van der Waals surface area contributed by atoms with Gasteiger partial charge in [0.25, 0.3) is 0 Å². The number of para-hydroxylation sites is 2. The fourth-order valence-corrected chi connectivity index (χ4v) is 5.35. The zero-order valence-corrected chi connectivity index (χ0v) is 17.5. The molecule has 1 aliphatic heterocycles. The van der Waals surface area contributed by atoms with Crippen LogP contribution in [0.5, 0.6) is 0 Å². The fourth-order valence-electron chi connectivity index (χ4n) is 5.35. The Labute approximate surface area is 187 Å². The van der Waals surface area contributed by atoms with E-state index in [4.69, 9.17) is 9.40 Å². The van der Waals surface area contributed by atoms with Gasteiger partial charge in [-0.05, 0) is 60.4 Å². The summed E-state index contributed by atoms with van der Waals surface area (Å²) in [5.74, 6) is 0.280. The first-order valence-corrected chi connectivity index (χ1v) is 10.9. The quantitative estimate of drug-likeness (QED) is 0.459. The van der Waals surface area contributed by atoms with Crippen LogP contribution in [0.2, 0.25) is 0 Å². The Hall–Kier alpha value is -4.26. The van der Waals surface area contributed by atoms with E-state index in [1.165, 1.54) is 5.56 Å². The number of anilines is 1. The molecule has 7 heteroatoms. The van der Waals surface area contributed by atoms with Crippen molar-refractivity contribution >= 4 is 33.7 Å². The molecule has 7 rings (SSSR count). The van der Waals surface area contributed by atoms with Crippen LogP contribution in [0.4, 0.5) is 5.82 Å². The van der Waals surface area contributed by atoms with Gasteiger partial charge in [-0.3, -0.25) is 14.3 Å². The molecule has 160 valence electrons. The number of oxazole rings is 1. The Kier molecular flexibility index (Phi) is 3.55. The zero-order chi connectivity index (χ0) is 22.2. The first-order valence-electron chi connectivity index (χ1n) is 10.9. The molecule has 1 unspecified atom stereocenters. The number of carbonyl (C=O) groups is 1. The molecule has 1 atom stereocenters. The van der Waals surface area contributed by atoms with Crippen LogP contribution in [0.1, 0.15) is 22.4 Å². The largest absolute Gasteiger partial charge is 0.420 e. The van der Waals surface area contributed by atoms with Gasteiger partial charge < -0.3 is 9.73 Å². The first-order chi connectivity index (χ1) is 16.1. The van der Waals surface area contributed by atoms with Gasteiger partial charge in [0.1, 0.15) is 5.82 Å². The Balaban J connectivity index is 1.28. The van der Waals surface area contributed by atoms with Crippen molar-refractivity contribution in [1.29, 1.82) is 0 Å². The summed E-state index contributed by atoms with van der Waals surface area (Å²) in [6.07, 6.45) is 2.98. The monoisotopic (exact) mass is 434 g/mol. The molecular weight excluding hydrogens is 416 g/mol. The molecule has 33 heavy (non-hydrogen) atoms. The Bertz CT molecular complexity index is 1680. The summed E-state index contributed by atoms with van der Waals surface area (Å²) >= 11 is 0. The highest BCUT2D eigenvalue weighted by Crippen LogP contribution is 2.47. The number of carbonyl (C=O) groups excluding carboxylic acids is 1. The minimum absolute atomic E-state index is 0.0105. The lowest BCUT2D eigenvalue weighted by molar-refractivity contribution is -0.120. The molecule has 0 saturated carbocycles. The van der Waals surface area contributed by atoms with Crippen LogP contribution in [0, 0.1) is 0 Å². The van der Waals surface area contributed by atoms with E-state index in [0.29, 0.717) is 30.8 Å². The van der Waals surface area contributed by atoms with E-state index >= 15 is 0 Å². The van der Waals surface area contributed by atoms with Crippen LogP contribution in [-0.4, -0.2) is 20.4 Å². The maximum Gasteiger partial charge on any atom is 0.420 e. The van der Waals surface area contributed by atoms with Crippen molar-refractivity contribution in [2.45, 2.75) is 24.8 Å². The number of nitrogens with one attached hydrogen (secondary N) is 1. The first kappa shape index (κ1) is 18.3. The van der Waals surface area contributed by atoms with Crippen molar-refractivity contribution in [2.75, 3.05) is 5.32 Å². The van der Waals surface area contributed by atoms with Crippen molar-refractivity contribution in [1.82, 2.24) is 14.5 Å². The Morgan fingerprint density at radius 3 is 2.76 bits per heavy atom. The van der Waals surface area contributed by atoms with Crippen molar-refractivity contribution in [3.63, 3.8) is 0 Å². The summed E-state index contributed by atoms with van der Waals surface area (Å²) < 4.78 is 6.94. The number of fused-ring (bicyclic) bond motifs is 5. The van der Waals surface area contributed by atoms with Gasteiger partial charge in [-0.1, -0.05) is 24.3 Å². The molecule has 0 radical (unpaired) electrons. The predicted molar refractivity (Wildman–Crippen MR) is 123 cm³/mol.